The lowest BCUT2D eigenvalue weighted by Crippen LogP contribution is -2.41. The summed E-state index contributed by atoms with van der Waals surface area (Å²) >= 11 is 0. The summed E-state index contributed by atoms with van der Waals surface area (Å²) in [5, 5.41) is 3.99. The van der Waals surface area contributed by atoms with Crippen LogP contribution in [0.1, 0.15) is 50.7 Å². The van der Waals surface area contributed by atoms with Crippen LogP contribution in [-0.4, -0.2) is 17.3 Å². The van der Waals surface area contributed by atoms with Crippen LogP contribution in [0.3, 0.4) is 0 Å². The molecule has 5 nitrogen and oxygen atoms in total. The molecule has 0 saturated heterocycles. The van der Waals surface area contributed by atoms with E-state index in [0.717, 1.165) is 31.6 Å². The number of hydrogen-bond acceptors (Lipinski definition) is 5. The molecule has 1 heterocycles. The van der Waals surface area contributed by atoms with E-state index in [1.54, 1.807) is 7.11 Å². The molecule has 0 aromatic carbocycles. The molecule has 0 bridgehead atoms. The summed E-state index contributed by atoms with van der Waals surface area (Å²) in [6.45, 7) is 2.58. The summed E-state index contributed by atoms with van der Waals surface area (Å²) < 4.78 is 10.1. The van der Waals surface area contributed by atoms with Gasteiger partial charge in [0.25, 0.3) is 5.89 Å². The van der Waals surface area contributed by atoms with Crippen LogP contribution in [0, 0.1) is 5.92 Å². The standard InChI is InChI=1S/C12H21N3O2/c1-3-9-4-6-12(13,7-5-9)11-14-10(8-16-2)17-15-11/h9H,3-8,13H2,1-2H3. The van der Waals surface area contributed by atoms with Gasteiger partial charge in [0.1, 0.15) is 6.61 Å². The van der Waals surface area contributed by atoms with E-state index >= 15 is 0 Å². The molecule has 0 atom stereocenters. The molecule has 0 aliphatic heterocycles. The Labute approximate surface area is 102 Å². The van der Waals surface area contributed by atoms with Crippen LogP contribution in [0.4, 0.5) is 0 Å². The molecule has 0 amide bonds. The first kappa shape index (κ1) is 12.5. The molecule has 0 unspecified atom stereocenters. The molecular formula is C12H21N3O2. The van der Waals surface area contributed by atoms with Crippen LogP contribution in [0.2, 0.25) is 0 Å². The highest BCUT2D eigenvalue weighted by Crippen LogP contribution is 2.37. The Kier molecular flexibility index (Phi) is 3.79. The molecule has 1 aromatic rings. The van der Waals surface area contributed by atoms with Gasteiger partial charge in [-0.05, 0) is 31.6 Å². The lowest BCUT2D eigenvalue weighted by Gasteiger charge is -2.34. The molecule has 5 heteroatoms. The fourth-order valence-corrected chi connectivity index (χ4v) is 2.46. The summed E-state index contributed by atoms with van der Waals surface area (Å²) in [5.41, 5.74) is 5.98. The van der Waals surface area contributed by atoms with E-state index in [2.05, 4.69) is 17.1 Å². The Morgan fingerprint density at radius 1 is 1.47 bits per heavy atom. The fraction of sp³-hybridized carbons (Fsp3) is 0.833. The predicted octanol–water partition coefficient (Wildman–Crippen LogP) is 1.97. The molecule has 1 fully saturated rings. The van der Waals surface area contributed by atoms with Gasteiger partial charge < -0.3 is 15.0 Å². The predicted molar refractivity (Wildman–Crippen MR) is 63.1 cm³/mol. The largest absolute Gasteiger partial charge is 0.375 e. The van der Waals surface area contributed by atoms with Crippen LogP contribution < -0.4 is 5.73 Å². The van der Waals surface area contributed by atoms with Crippen LogP contribution in [0.25, 0.3) is 0 Å². The zero-order valence-electron chi connectivity index (χ0n) is 10.6. The molecule has 1 aliphatic carbocycles. The van der Waals surface area contributed by atoms with E-state index < -0.39 is 5.54 Å². The molecule has 96 valence electrons. The highest BCUT2D eigenvalue weighted by Gasteiger charge is 2.36. The van der Waals surface area contributed by atoms with Crippen LogP contribution in [-0.2, 0) is 16.9 Å². The Morgan fingerprint density at radius 3 is 2.76 bits per heavy atom. The van der Waals surface area contributed by atoms with Crippen LogP contribution >= 0.6 is 0 Å². The molecular weight excluding hydrogens is 218 g/mol. The molecule has 1 aromatic heterocycles. The van der Waals surface area contributed by atoms with E-state index in [1.165, 1.54) is 6.42 Å². The summed E-state index contributed by atoms with van der Waals surface area (Å²) in [5.74, 6) is 1.95. The normalized spacial score (nSPS) is 29.5. The lowest BCUT2D eigenvalue weighted by molar-refractivity contribution is 0.151. The molecule has 2 N–H and O–H groups in total. The molecule has 1 aliphatic rings. The lowest BCUT2D eigenvalue weighted by atomic mass is 9.76. The average Bonchev–Trinajstić information content (AvgIpc) is 2.80. The molecule has 0 spiro atoms. The SMILES string of the molecule is CCC1CCC(N)(c2noc(COC)n2)CC1. The third kappa shape index (κ3) is 2.66. The Hall–Kier alpha value is -0.940. The van der Waals surface area contributed by atoms with Gasteiger partial charge in [-0.3, -0.25) is 0 Å². The number of ether oxygens (including phenoxy) is 1. The second kappa shape index (κ2) is 5.14. The Balaban J connectivity index is 2.05. The number of methoxy groups -OCH3 is 1. The minimum Gasteiger partial charge on any atom is -0.375 e. The van der Waals surface area contributed by atoms with E-state index in [1.807, 2.05) is 0 Å². The number of rotatable bonds is 4. The van der Waals surface area contributed by atoms with Crippen LogP contribution in [0.5, 0.6) is 0 Å². The minimum absolute atomic E-state index is 0.348. The summed E-state index contributed by atoms with van der Waals surface area (Å²) in [7, 11) is 1.61. The number of nitrogens with two attached hydrogens (primary N) is 1. The van der Waals surface area contributed by atoms with E-state index in [-0.39, 0.29) is 0 Å². The van der Waals surface area contributed by atoms with Crippen molar-refractivity contribution in [2.24, 2.45) is 11.7 Å². The van der Waals surface area contributed by atoms with Crippen molar-refractivity contribution in [3.8, 4) is 0 Å². The van der Waals surface area contributed by atoms with Gasteiger partial charge in [-0.25, -0.2) is 0 Å². The Morgan fingerprint density at radius 2 is 2.18 bits per heavy atom. The van der Waals surface area contributed by atoms with Gasteiger partial charge in [0, 0.05) is 7.11 Å². The third-order valence-corrected chi connectivity index (χ3v) is 3.76. The topological polar surface area (TPSA) is 74.2 Å². The minimum atomic E-state index is -0.402. The number of hydrogen-bond donors (Lipinski definition) is 1. The molecule has 0 radical (unpaired) electrons. The maximum Gasteiger partial charge on any atom is 0.252 e. The van der Waals surface area contributed by atoms with Crippen molar-refractivity contribution < 1.29 is 9.26 Å². The number of aromatic nitrogens is 2. The second-order valence-electron chi connectivity index (χ2n) is 4.95. The first-order valence-corrected chi connectivity index (χ1v) is 6.29. The van der Waals surface area contributed by atoms with Gasteiger partial charge in [0.05, 0.1) is 5.54 Å². The highest BCUT2D eigenvalue weighted by molar-refractivity contribution is 5.05. The molecule has 17 heavy (non-hydrogen) atoms. The first-order chi connectivity index (χ1) is 8.18. The highest BCUT2D eigenvalue weighted by atomic mass is 16.5. The van der Waals surface area contributed by atoms with E-state index in [0.29, 0.717) is 18.3 Å². The average molecular weight is 239 g/mol. The maximum atomic E-state index is 6.38. The van der Waals surface area contributed by atoms with Gasteiger partial charge in [-0.2, -0.15) is 4.98 Å². The molecule has 1 saturated carbocycles. The third-order valence-electron chi connectivity index (χ3n) is 3.76. The first-order valence-electron chi connectivity index (χ1n) is 6.29. The van der Waals surface area contributed by atoms with Gasteiger partial charge in [0.2, 0.25) is 0 Å². The Bertz CT molecular complexity index is 356. The quantitative estimate of drug-likeness (QED) is 0.869. The van der Waals surface area contributed by atoms with Crippen molar-refractivity contribution in [3.63, 3.8) is 0 Å². The van der Waals surface area contributed by atoms with Gasteiger partial charge >= 0.3 is 0 Å². The van der Waals surface area contributed by atoms with E-state index in [9.17, 15) is 0 Å². The van der Waals surface area contributed by atoms with Gasteiger partial charge in [-0.1, -0.05) is 18.5 Å². The molecule has 2 rings (SSSR count). The second-order valence-corrected chi connectivity index (χ2v) is 4.95. The van der Waals surface area contributed by atoms with Crippen molar-refractivity contribution in [2.45, 2.75) is 51.2 Å². The maximum absolute atomic E-state index is 6.38. The number of nitrogens with zero attached hydrogens (tertiary/aromatic N) is 2. The van der Waals surface area contributed by atoms with E-state index in [4.69, 9.17) is 15.0 Å². The van der Waals surface area contributed by atoms with Crippen molar-refractivity contribution in [1.29, 1.82) is 0 Å². The summed E-state index contributed by atoms with van der Waals surface area (Å²) in [6, 6.07) is 0. The summed E-state index contributed by atoms with van der Waals surface area (Å²) in [6.07, 6.45) is 5.43. The zero-order chi connectivity index (χ0) is 12.3. The van der Waals surface area contributed by atoms with Crippen molar-refractivity contribution in [3.05, 3.63) is 11.7 Å². The van der Waals surface area contributed by atoms with Crippen molar-refractivity contribution in [2.75, 3.05) is 7.11 Å². The summed E-state index contributed by atoms with van der Waals surface area (Å²) in [4.78, 5) is 4.32. The van der Waals surface area contributed by atoms with Crippen molar-refractivity contribution in [1.82, 2.24) is 10.1 Å². The fourth-order valence-electron chi connectivity index (χ4n) is 2.46. The smallest absolute Gasteiger partial charge is 0.252 e. The zero-order valence-corrected chi connectivity index (χ0v) is 10.6. The van der Waals surface area contributed by atoms with Gasteiger partial charge in [0.15, 0.2) is 5.82 Å². The van der Waals surface area contributed by atoms with Crippen LogP contribution in [0.15, 0.2) is 4.52 Å². The monoisotopic (exact) mass is 239 g/mol. The van der Waals surface area contributed by atoms with Gasteiger partial charge in [-0.15, -0.1) is 0 Å². The van der Waals surface area contributed by atoms with Crippen molar-refractivity contribution >= 4 is 0 Å².